The monoisotopic (exact) mass is 253 g/mol. The Hall–Kier alpha value is -2.06. The van der Waals surface area contributed by atoms with Gasteiger partial charge in [-0.05, 0) is 29.7 Å². The number of furan rings is 1. The highest BCUT2D eigenvalue weighted by Gasteiger charge is 2.12. The Bertz CT molecular complexity index is 895. The molecule has 0 aliphatic rings. The Morgan fingerprint density at radius 1 is 1.00 bits per heavy atom. The van der Waals surface area contributed by atoms with Gasteiger partial charge in [0.2, 0.25) is 0 Å². The van der Waals surface area contributed by atoms with Gasteiger partial charge >= 0.3 is 0 Å². The lowest BCUT2D eigenvalue weighted by atomic mass is 10.1. The van der Waals surface area contributed by atoms with Crippen LogP contribution < -0.4 is 0 Å². The fourth-order valence-electron chi connectivity index (χ4n) is 2.40. The highest BCUT2D eigenvalue weighted by atomic mass is 35.5. The van der Waals surface area contributed by atoms with Gasteiger partial charge in [0.1, 0.15) is 11.2 Å². The number of aromatic nitrogens is 1. The van der Waals surface area contributed by atoms with Gasteiger partial charge in [-0.15, -0.1) is 0 Å². The van der Waals surface area contributed by atoms with E-state index in [1.54, 1.807) is 6.20 Å². The topological polar surface area (TPSA) is 26.0 Å². The third-order valence-corrected chi connectivity index (χ3v) is 3.55. The molecule has 3 heteroatoms. The second-order valence-corrected chi connectivity index (χ2v) is 4.66. The molecule has 0 saturated heterocycles. The van der Waals surface area contributed by atoms with E-state index in [0.29, 0.717) is 0 Å². The highest BCUT2D eigenvalue weighted by molar-refractivity contribution is 6.38. The van der Waals surface area contributed by atoms with Crippen LogP contribution in [-0.4, -0.2) is 4.98 Å². The number of rotatable bonds is 0. The lowest BCUT2D eigenvalue weighted by molar-refractivity contribution is 0.672. The molecule has 0 fully saturated rings. The number of hydrogen-bond donors (Lipinski definition) is 0. The Kier molecular flexibility index (Phi) is 1.91. The maximum atomic E-state index is 6.25. The predicted octanol–water partition coefficient (Wildman–Crippen LogP) is 4.79. The van der Waals surface area contributed by atoms with E-state index in [9.17, 15) is 0 Å². The Morgan fingerprint density at radius 3 is 2.89 bits per heavy atom. The molecule has 86 valence electrons. The summed E-state index contributed by atoms with van der Waals surface area (Å²) in [4.78, 5) is 4.16. The van der Waals surface area contributed by atoms with Crippen molar-refractivity contribution in [1.82, 2.24) is 4.98 Å². The minimum atomic E-state index is 0.717. The minimum absolute atomic E-state index is 0.717. The number of fused-ring (bicyclic) bond motifs is 5. The van der Waals surface area contributed by atoms with Crippen LogP contribution in [0.3, 0.4) is 0 Å². The van der Waals surface area contributed by atoms with Crippen molar-refractivity contribution in [1.29, 1.82) is 0 Å². The smallest absolute Gasteiger partial charge is 0.144 e. The van der Waals surface area contributed by atoms with Crippen LogP contribution in [0.25, 0.3) is 32.7 Å². The molecule has 18 heavy (non-hydrogen) atoms. The van der Waals surface area contributed by atoms with Gasteiger partial charge in [0.05, 0.1) is 5.02 Å². The van der Waals surface area contributed by atoms with E-state index >= 15 is 0 Å². The zero-order chi connectivity index (χ0) is 12.1. The number of nitrogens with zero attached hydrogens (tertiary/aromatic N) is 1. The largest absolute Gasteiger partial charge is 0.455 e. The zero-order valence-electron chi connectivity index (χ0n) is 9.35. The summed E-state index contributed by atoms with van der Waals surface area (Å²) in [5.74, 6) is 0. The van der Waals surface area contributed by atoms with Gasteiger partial charge in [0, 0.05) is 28.6 Å². The number of halogens is 1. The zero-order valence-corrected chi connectivity index (χ0v) is 10.1. The van der Waals surface area contributed by atoms with E-state index in [-0.39, 0.29) is 0 Å². The molecule has 0 saturated carbocycles. The number of hydrogen-bond acceptors (Lipinski definition) is 2. The maximum absolute atomic E-state index is 6.25. The third kappa shape index (κ3) is 1.21. The van der Waals surface area contributed by atoms with Crippen LogP contribution in [0.15, 0.2) is 53.2 Å². The molecule has 4 rings (SSSR count). The first-order valence-electron chi connectivity index (χ1n) is 5.68. The summed E-state index contributed by atoms with van der Waals surface area (Å²) in [6, 6.07) is 11.8. The van der Waals surface area contributed by atoms with Gasteiger partial charge in [-0.1, -0.05) is 23.7 Å². The van der Waals surface area contributed by atoms with Crippen molar-refractivity contribution in [2.45, 2.75) is 0 Å². The lowest BCUT2D eigenvalue weighted by Crippen LogP contribution is -1.75. The summed E-state index contributed by atoms with van der Waals surface area (Å²) in [5, 5.41) is 4.86. The fourth-order valence-corrected chi connectivity index (χ4v) is 2.67. The SMILES string of the molecule is Clc1cccc2oc3c4cnccc4ccc3c12. The van der Waals surface area contributed by atoms with Gasteiger partial charge in [0.15, 0.2) is 0 Å². The van der Waals surface area contributed by atoms with Gasteiger partial charge in [-0.25, -0.2) is 0 Å². The van der Waals surface area contributed by atoms with Gasteiger partial charge in [-0.2, -0.15) is 0 Å². The number of pyridine rings is 1. The van der Waals surface area contributed by atoms with Crippen molar-refractivity contribution in [2.75, 3.05) is 0 Å². The molecule has 2 nitrogen and oxygen atoms in total. The quantitative estimate of drug-likeness (QED) is 0.450. The molecule has 0 bridgehead atoms. The van der Waals surface area contributed by atoms with Crippen LogP contribution in [0.4, 0.5) is 0 Å². The van der Waals surface area contributed by atoms with Crippen LogP contribution in [0.5, 0.6) is 0 Å². The summed E-state index contributed by atoms with van der Waals surface area (Å²) in [5.41, 5.74) is 1.66. The Labute approximate surface area is 108 Å². The Morgan fingerprint density at radius 2 is 1.94 bits per heavy atom. The summed E-state index contributed by atoms with van der Waals surface area (Å²) >= 11 is 6.25. The molecule has 0 unspecified atom stereocenters. The lowest BCUT2D eigenvalue weighted by Gasteiger charge is -1.97. The van der Waals surface area contributed by atoms with Gasteiger partial charge < -0.3 is 4.42 Å². The number of benzene rings is 2. The van der Waals surface area contributed by atoms with E-state index < -0.39 is 0 Å². The van der Waals surface area contributed by atoms with E-state index in [2.05, 4.69) is 17.1 Å². The highest BCUT2D eigenvalue weighted by Crippen LogP contribution is 2.36. The van der Waals surface area contributed by atoms with E-state index in [4.69, 9.17) is 16.0 Å². The maximum Gasteiger partial charge on any atom is 0.144 e. The minimum Gasteiger partial charge on any atom is -0.455 e. The van der Waals surface area contributed by atoms with Crippen molar-refractivity contribution in [3.05, 3.63) is 53.8 Å². The van der Waals surface area contributed by atoms with E-state index in [1.165, 1.54) is 0 Å². The van der Waals surface area contributed by atoms with Gasteiger partial charge in [0.25, 0.3) is 0 Å². The first-order valence-corrected chi connectivity index (χ1v) is 6.06. The molecule has 0 aliphatic heterocycles. The molecule has 0 amide bonds. The molecule has 0 N–H and O–H groups in total. The summed E-state index contributed by atoms with van der Waals surface area (Å²) in [6.07, 6.45) is 3.61. The van der Waals surface area contributed by atoms with Crippen molar-refractivity contribution >= 4 is 44.3 Å². The van der Waals surface area contributed by atoms with Crippen LogP contribution in [0.2, 0.25) is 5.02 Å². The molecule has 2 heterocycles. The van der Waals surface area contributed by atoms with Crippen LogP contribution in [-0.2, 0) is 0 Å². The average molecular weight is 254 g/mol. The first kappa shape index (κ1) is 9.92. The van der Waals surface area contributed by atoms with Crippen molar-refractivity contribution in [2.24, 2.45) is 0 Å². The molecule has 4 aromatic rings. The molecule has 0 aliphatic carbocycles. The summed E-state index contributed by atoms with van der Waals surface area (Å²) in [6.45, 7) is 0. The van der Waals surface area contributed by atoms with E-state index in [0.717, 1.165) is 37.7 Å². The molecule has 0 atom stereocenters. The predicted molar refractivity (Wildman–Crippen MR) is 74.0 cm³/mol. The van der Waals surface area contributed by atoms with Crippen molar-refractivity contribution in [3.8, 4) is 0 Å². The fraction of sp³-hybridized carbons (Fsp3) is 0. The molecular formula is C15H8ClNO. The van der Waals surface area contributed by atoms with Crippen molar-refractivity contribution < 1.29 is 4.42 Å². The molecule has 2 aromatic carbocycles. The van der Waals surface area contributed by atoms with E-state index in [1.807, 2.05) is 30.5 Å². The average Bonchev–Trinajstić information content (AvgIpc) is 2.79. The molecule has 0 radical (unpaired) electrons. The Balaban J connectivity index is 2.34. The second kappa shape index (κ2) is 3.47. The van der Waals surface area contributed by atoms with Crippen LogP contribution >= 0.6 is 11.6 Å². The standard InChI is InChI=1S/C15H8ClNO/c16-12-2-1-3-13-14(12)10-5-4-9-6-7-17-8-11(9)15(10)18-13/h1-8H. The van der Waals surface area contributed by atoms with Crippen molar-refractivity contribution in [3.63, 3.8) is 0 Å². The normalized spacial score (nSPS) is 11.6. The van der Waals surface area contributed by atoms with Crippen LogP contribution in [0, 0.1) is 0 Å². The third-order valence-electron chi connectivity index (χ3n) is 3.23. The van der Waals surface area contributed by atoms with Gasteiger partial charge in [-0.3, -0.25) is 4.98 Å². The first-order chi connectivity index (χ1) is 8.84. The molecular weight excluding hydrogens is 246 g/mol. The summed E-state index contributed by atoms with van der Waals surface area (Å²) in [7, 11) is 0. The van der Waals surface area contributed by atoms with Crippen LogP contribution in [0.1, 0.15) is 0 Å². The molecule has 2 aromatic heterocycles. The second-order valence-electron chi connectivity index (χ2n) is 4.25. The summed E-state index contributed by atoms with van der Waals surface area (Å²) < 4.78 is 5.92. The molecule has 0 spiro atoms.